The second-order valence-electron chi connectivity index (χ2n) is 5.05. The van der Waals surface area contributed by atoms with Gasteiger partial charge in [0.2, 0.25) is 0 Å². The maximum atomic E-state index is 5.71. The molecule has 0 spiro atoms. The van der Waals surface area contributed by atoms with Crippen molar-refractivity contribution in [1.29, 1.82) is 0 Å². The number of rotatable bonds is 3. The third-order valence-electron chi connectivity index (χ3n) is 3.63. The first-order chi connectivity index (χ1) is 10.8. The minimum atomic E-state index is -0.453. The third kappa shape index (κ3) is 1.93. The van der Waals surface area contributed by atoms with E-state index < -0.39 is 6.35 Å². The quantitative estimate of drug-likeness (QED) is 0.867. The molecule has 0 saturated heterocycles. The van der Waals surface area contributed by atoms with E-state index in [1.54, 1.807) is 0 Å². The van der Waals surface area contributed by atoms with Gasteiger partial charge in [0, 0.05) is 34.2 Å². The number of ether oxygens (including phenoxy) is 1. The van der Waals surface area contributed by atoms with Crippen molar-refractivity contribution in [2.75, 3.05) is 11.6 Å². The molecule has 112 valence electrons. The SMILES string of the molecule is CCOC1N=NC2=c3ccccc3=CN(c3nscc3C)N21. The van der Waals surface area contributed by atoms with Gasteiger partial charge >= 0.3 is 0 Å². The lowest BCUT2D eigenvalue weighted by Gasteiger charge is -2.35. The summed E-state index contributed by atoms with van der Waals surface area (Å²) < 4.78 is 10.2. The molecule has 1 atom stereocenters. The third-order valence-corrected chi connectivity index (χ3v) is 4.36. The van der Waals surface area contributed by atoms with E-state index in [1.165, 1.54) is 11.5 Å². The first-order valence-corrected chi connectivity index (χ1v) is 7.96. The van der Waals surface area contributed by atoms with Crippen LogP contribution in [0.3, 0.4) is 0 Å². The summed E-state index contributed by atoms with van der Waals surface area (Å²) in [6, 6.07) is 8.14. The van der Waals surface area contributed by atoms with E-state index in [2.05, 4.69) is 26.9 Å². The Kier molecular flexibility index (Phi) is 3.16. The van der Waals surface area contributed by atoms with E-state index in [-0.39, 0.29) is 0 Å². The number of hydrogen-bond donors (Lipinski definition) is 0. The largest absolute Gasteiger partial charge is 0.337 e. The molecule has 2 aliphatic rings. The Morgan fingerprint density at radius 1 is 1.32 bits per heavy atom. The Bertz CT molecular complexity index is 859. The molecule has 6 nitrogen and oxygen atoms in total. The van der Waals surface area contributed by atoms with Crippen LogP contribution >= 0.6 is 11.5 Å². The van der Waals surface area contributed by atoms with Crippen molar-refractivity contribution in [3.05, 3.63) is 45.6 Å². The van der Waals surface area contributed by atoms with Gasteiger partial charge in [0.05, 0.1) is 0 Å². The minimum Gasteiger partial charge on any atom is -0.337 e. The molecule has 0 amide bonds. The first-order valence-electron chi connectivity index (χ1n) is 7.12. The number of hydrazine groups is 1. The van der Waals surface area contributed by atoms with E-state index >= 15 is 0 Å². The number of nitrogens with zero attached hydrogens (tertiary/aromatic N) is 5. The Balaban J connectivity index is 1.93. The summed E-state index contributed by atoms with van der Waals surface area (Å²) in [6.07, 6.45) is 1.61. The van der Waals surface area contributed by atoms with Crippen LogP contribution in [0.15, 0.2) is 39.9 Å². The summed E-state index contributed by atoms with van der Waals surface area (Å²) in [4.78, 5) is 0. The molecule has 2 aliphatic heterocycles. The van der Waals surface area contributed by atoms with Gasteiger partial charge in [-0.2, -0.15) is 4.37 Å². The van der Waals surface area contributed by atoms with Gasteiger partial charge in [0.15, 0.2) is 11.6 Å². The second kappa shape index (κ2) is 5.19. The zero-order valence-electron chi connectivity index (χ0n) is 12.3. The van der Waals surface area contributed by atoms with E-state index in [1.807, 2.05) is 47.4 Å². The average Bonchev–Trinajstić information content (AvgIpc) is 3.14. The van der Waals surface area contributed by atoms with Gasteiger partial charge in [-0.25, -0.2) is 10.0 Å². The van der Waals surface area contributed by atoms with E-state index in [9.17, 15) is 0 Å². The molecule has 0 fully saturated rings. The number of benzene rings is 1. The van der Waals surface area contributed by atoms with Crippen LogP contribution in [0.5, 0.6) is 0 Å². The fraction of sp³-hybridized carbons (Fsp3) is 0.267. The maximum Gasteiger partial charge on any atom is 0.267 e. The van der Waals surface area contributed by atoms with Gasteiger partial charge in [-0.15, -0.1) is 10.2 Å². The van der Waals surface area contributed by atoms with Gasteiger partial charge in [0.25, 0.3) is 6.35 Å². The number of anilines is 1. The number of hydrogen-bond acceptors (Lipinski definition) is 7. The van der Waals surface area contributed by atoms with Gasteiger partial charge in [-0.05, 0) is 25.4 Å². The Morgan fingerprint density at radius 2 is 2.18 bits per heavy atom. The topological polar surface area (TPSA) is 53.3 Å². The molecular formula is C15H15N5OS. The molecular weight excluding hydrogens is 298 g/mol. The van der Waals surface area contributed by atoms with Gasteiger partial charge in [-0.3, -0.25) is 0 Å². The molecule has 4 rings (SSSR count). The Morgan fingerprint density at radius 3 is 2.95 bits per heavy atom. The maximum absolute atomic E-state index is 5.71. The van der Waals surface area contributed by atoms with E-state index in [0.717, 1.165) is 27.6 Å². The van der Waals surface area contributed by atoms with Crippen LogP contribution in [0.2, 0.25) is 0 Å². The summed E-state index contributed by atoms with van der Waals surface area (Å²) in [5, 5.41) is 16.7. The summed E-state index contributed by atoms with van der Waals surface area (Å²) >= 11 is 1.44. The van der Waals surface area contributed by atoms with Crippen molar-refractivity contribution in [2.24, 2.45) is 10.2 Å². The second-order valence-corrected chi connectivity index (χ2v) is 5.68. The fourth-order valence-electron chi connectivity index (χ4n) is 2.62. The number of azo groups is 1. The van der Waals surface area contributed by atoms with Gasteiger partial charge in [-0.1, -0.05) is 24.3 Å². The average molecular weight is 313 g/mol. The van der Waals surface area contributed by atoms with Crippen LogP contribution in [-0.4, -0.2) is 22.3 Å². The van der Waals surface area contributed by atoms with Crippen molar-refractivity contribution in [1.82, 2.24) is 9.38 Å². The Hall–Kier alpha value is -2.25. The zero-order valence-corrected chi connectivity index (χ0v) is 13.1. The van der Waals surface area contributed by atoms with Gasteiger partial charge in [0.1, 0.15) is 0 Å². The lowest BCUT2D eigenvalue weighted by Crippen LogP contribution is -2.51. The highest BCUT2D eigenvalue weighted by Crippen LogP contribution is 2.31. The van der Waals surface area contributed by atoms with E-state index in [0.29, 0.717) is 6.61 Å². The molecule has 0 bridgehead atoms. The zero-order chi connectivity index (χ0) is 15.1. The van der Waals surface area contributed by atoms with Crippen molar-refractivity contribution >= 4 is 29.4 Å². The standard InChI is InChI=1S/C15H15N5OS/c1-3-21-15-17-16-14-12-7-5-4-6-11(12)8-19(20(14)15)13-10(2)9-22-18-13/h4-9,15H,3H2,1-2H3. The molecule has 3 heterocycles. The van der Waals surface area contributed by atoms with Crippen LogP contribution in [0, 0.1) is 6.92 Å². The van der Waals surface area contributed by atoms with Crippen LogP contribution in [0.4, 0.5) is 5.82 Å². The van der Waals surface area contributed by atoms with Crippen LogP contribution in [0.1, 0.15) is 12.5 Å². The summed E-state index contributed by atoms with van der Waals surface area (Å²) in [5.41, 5.74) is 1.11. The molecule has 2 aromatic rings. The molecule has 22 heavy (non-hydrogen) atoms. The lowest BCUT2D eigenvalue weighted by atomic mass is 10.2. The number of aryl methyl sites for hydroxylation is 1. The predicted molar refractivity (Wildman–Crippen MR) is 85.0 cm³/mol. The lowest BCUT2D eigenvalue weighted by molar-refractivity contribution is -0.0121. The van der Waals surface area contributed by atoms with Crippen molar-refractivity contribution < 1.29 is 4.74 Å². The normalized spacial score (nSPS) is 19.2. The molecule has 1 unspecified atom stereocenters. The minimum absolute atomic E-state index is 0.453. The van der Waals surface area contributed by atoms with Crippen LogP contribution < -0.4 is 15.4 Å². The van der Waals surface area contributed by atoms with E-state index in [4.69, 9.17) is 4.74 Å². The molecule has 1 aromatic heterocycles. The Labute approximate surface area is 131 Å². The van der Waals surface area contributed by atoms with Crippen molar-refractivity contribution in [2.45, 2.75) is 20.2 Å². The molecule has 0 saturated carbocycles. The van der Waals surface area contributed by atoms with Crippen LogP contribution in [-0.2, 0) is 4.74 Å². The summed E-state index contributed by atoms with van der Waals surface area (Å²) in [5.74, 6) is 1.68. The molecule has 0 radical (unpaired) electrons. The van der Waals surface area contributed by atoms with Crippen molar-refractivity contribution in [3.8, 4) is 0 Å². The number of fused-ring (bicyclic) bond motifs is 2. The predicted octanol–water partition coefficient (Wildman–Crippen LogP) is 1.78. The highest BCUT2D eigenvalue weighted by molar-refractivity contribution is 7.04. The highest BCUT2D eigenvalue weighted by atomic mass is 32.1. The molecule has 1 aromatic carbocycles. The number of aromatic nitrogens is 1. The first kappa shape index (κ1) is 13.4. The molecule has 7 heteroatoms. The molecule has 0 N–H and O–H groups in total. The smallest absolute Gasteiger partial charge is 0.267 e. The monoisotopic (exact) mass is 313 g/mol. The summed E-state index contributed by atoms with van der Waals surface area (Å²) in [6.45, 7) is 4.57. The molecule has 0 aliphatic carbocycles. The highest BCUT2D eigenvalue weighted by Gasteiger charge is 2.35. The summed E-state index contributed by atoms with van der Waals surface area (Å²) in [7, 11) is 0. The van der Waals surface area contributed by atoms with Crippen molar-refractivity contribution in [3.63, 3.8) is 0 Å². The van der Waals surface area contributed by atoms with Crippen LogP contribution in [0.25, 0.3) is 12.0 Å². The fourth-order valence-corrected chi connectivity index (χ4v) is 3.26. The van der Waals surface area contributed by atoms with Gasteiger partial charge < -0.3 is 4.74 Å².